The second-order valence-electron chi connectivity index (χ2n) is 14.7. The number of carbonyl (C=O) groups is 2. The molecule has 0 spiro atoms. The highest BCUT2D eigenvalue weighted by Crippen LogP contribution is 2.54. The molecule has 2 N–H and O–H groups in total. The zero-order valence-corrected chi connectivity index (χ0v) is 28.8. The van der Waals surface area contributed by atoms with Gasteiger partial charge in [-0.2, -0.15) is 0 Å². The zero-order valence-electron chi connectivity index (χ0n) is 28.8. The van der Waals surface area contributed by atoms with E-state index in [1.165, 1.54) is 0 Å². The maximum atomic E-state index is 12.9. The van der Waals surface area contributed by atoms with Gasteiger partial charge in [-0.3, -0.25) is 9.59 Å². The lowest BCUT2D eigenvalue weighted by Gasteiger charge is -2.35. The van der Waals surface area contributed by atoms with E-state index in [0.29, 0.717) is 25.7 Å². The monoisotopic (exact) mass is 600 g/mol. The Hall–Kier alpha value is -3.08. The molecular formula is C40H56O4. The summed E-state index contributed by atoms with van der Waals surface area (Å²) in [6, 6.07) is 0. The number of rotatable bonds is 12. The van der Waals surface area contributed by atoms with Gasteiger partial charge in [-0.15, -0.1) is 0 Å². The fourth-order valence-electron chi connectivity index (χ4n) is 6.26. The van der Waals surface area contributed by atoms with E-state index < -0.39 is 23.0 Å². The lowest BCUT2D eigenvalue weighted by atomic mass is 9.66. The molecule has 0 amide bonds. The van der Waals surface area contributed by atoms with Crippen LogP contribution in [0.15, 0.2) is 107 Å². The minimum absolute atomic E-state index is 0.0742. The van der Waals surface area contributed by atoms with Crippen molar-refractivity contribution in [2.75, 3.05) is 0 Å². The van der Waals surface area contributed by atoms with Gasteiger partial charge in [0.2, 0.25) is 0 Å². The summed E-state index contributed by atoms with van der Waals surface area (Å²) in [5.41, 5.74) is 2.65. The smallest absolute Gasteiger partial charge is 0.162 e. The van der Waals surface area contributed by atoms with Crippen LogP contribution in [0, 0.1) is 21.7 Å². The summed E-state index contributed by atoms with van der Waals surface area (Å²) < 4.78 is 0. The first-order valence-corrected chi connectivity index (χ1v) is 15.9. The Morgan fingerprint density at radius 3 is 1.07 bits per heavy atom. The van der Waals surface area contributed by atoms with Crippen molar-refractivity contribution in [3.63, 3.8) is 0 Å². The molecule has 4 nitrogen and oxygen atoms in total. The second-order valence-corrected chi connectivity index (χ2v) is 14.7. The number of aliphatic hydroxyl groups is 2. The highest BCUT2D eigenvalue weighted by atomic mass is 16.3. The molecular weight excluding hydrogens is 544 g/mol. The third kappa shape index (κ3) is 9.71. The molecule has 0 aromatic carbocycles. The molecule has 0 aromatic heterocycles. The molecule has 2 rings (SSSR count). The molecule has 4 atom stereocenters. The summed E-state index contributed by atoms with van der Waals surface area (Å²) >= 11 is 0. The van der Waals surface area contributed by atoms with Gasteiger partial charge in [-0.05, 0) is 76.4 Å². The van der Waals surface area contributed by atoms with Crippen molar-refractivity contribution in [3.8, 4) is 0 Å². The fraction of sp³-hybridized carbons (Fsp3) is 0.500. The van der Waals surface area contributed by atoms with Gasteiger partial charge in [0, 0.05) is 10.8 Å². The quantitative estimate of drug-likeness (QED) is 0.173. The Kier molecular flexibility index (Phi) is 12.9. The topological polar surface area (TPSA) is 74.6 Å². The SMILES string of the molecule is CC(=C/C=C/C=C(C)/C=C/C=C(C)/C=C/C(=O)C1(C)CC(O)CC1(C)C)/C=C/C=C(C)/C=C/C(=O)C1(C)CC(O)CC1(C)C. The van der Waals surface area contributed by atoms with Gasteiger partial charge in [0.05, 0.1) is 12.2 Å². The lowest BCUT2D eigenvalue weighted by Crippen LogP contribution is -2.36. The van der Waals surface area contributed by atoms with Crippen molar-refractivity contribution >= 4 is 11.6 Å². The number of aliphatic hydroxyl groups excluding tert-OH is 2. The molecule has 0 aliphatic heterocycles. The molecule has 2 fully saturated rings. The average Bonchev–Trinajstić information content (AvgIpc) is 3.27. The van der Waals surface area contributed by atoms with Crippen LogP contribution in [0.4, 0.5) is 0 Å². The first kappa shape index (κ1) is 37.1. The van der Waals surface area contributed by atoms with Crippen LogP contribution in [-0.4, -0.2) is 34.0 Å². The van der Waals surface area contributed by atoms with Crippen molar-refractivity contribution in [2.45, 2.75) is 107 Å². The Balaban J connectivity index is 1.87. The summed E-state index contributed by atoms with van der Waals surface area (Å²) in [5.74, 6) is 0.148. The van der Waals surface area contributed by atoms with Crippen LogP contribution in [0.2, 0.25) is 0 Å². The van der Waals surface area contributed by atoms with E-state index in [4.69, 9.17) is 0 Å². The van der Waals surface area contributed by atoms with Gasteiger partial charge in [0.25, 0.3) is 0 Å². The summed E-state index contributed by atoms with van der Waals surface area (Å²) in [5, 5.41) is 20.2. The molecule has 0 heterocycles. The third-order valence-corrected chi connectivity index (χ3v) is 10.1. The maximum Gasteiger partial charge on any atom is 0.162 e. The van der Waals surface area contributed by atoms with Gasteiger partial charge in [0.15, 0.2) is 11.6 Å². The van der Waals surface area contributed by atoms with Crippen molar-refractivity contribution < 1.29 is 19.8 Å². The summed E-state index contributed by atoms with van der Waals surface area (Å²) in [7, 11) is 0. The fourth-order valence-corrected chi connectivity index (χ4v) is 6.26. The van der Waals surface area contributed by atoms with Crippen molar-refractivity contribution in [2.24, 2.45) is 21.7 Å². The number of hydrogen-bond donors (Lipinski definition) is 2. The van der Waals surface area contributed by atoms with E-state index in [9.17, 15) is 19.8 Å². The molecule has 2 aliphatic rings. The average molecular weight is 601 g/mol. The highest BCUT2D eigenvalue weighted by molar-refractivity contribution is 5.96. The number of carbonyl (C=O) groups excluding carboxylic acids is 2. The number of ketones is 2. The Morgan fingerprint density at radius 1 is 0.477 bits per heavy atom. The Labute approximate surface area is 267 Å². The van der Waals surface area contributed by atoms with Crippen LogP contribution >= 0.6 is 0 Å². The van der Waals surface area contributed by atoms with Crippen molar-refractivity contribution in [1.82, 2.24) is 0 Å². The largest absolute Gasteiger partial charge is 0.393 e. The lowest BCUT2D eigenvalue weighted by molar-refractivity contribution is -0.128. The predicted octanol–water partition coefficient (Wildman–Crippen LogP) is 9.07. The van der Waals surface area contributed by atoms with Crippen LogP contribution < -0.4 is 0 Å². The van der Waals surface area contributed by atoms with Crippen molar-refractivity contribution in [3.05, 3.63) is 107 Å². The number of allylic oxidation sites excluding steroid dienone is 18. The summed E-state index contributed by atoms with van der Waals surface area (Å²) in [4.78, 5) is 25.9. The summed E-state index contributed by atoms with van der Waals surface area (Å²) in [6.07, 6.45) is 28.6. The van der Waals surface area contributed by atoms with E-state index in [2.05, 4.69) is 27.7 Å². The minimum Gasteiger partial charge on any atom is -0.393 e. The Bertz CT molecular complexity index is 1230. The van der Waals surface area contributed by atoms with Crippen molar-refractivity contribution in [1.29, 1.82) is 0 Å². The van der Waals surface area contributed by atoms with Crippen LogP contribution in [-0.2, 0) is 9.59 Å². The second kappa shape index (κ2) is 15.3. The highest BCUT2D eigenvalue weighted by Gasteiger charge is 2.53. The standard InChI is InChI=1S/C40H56O4/c1-29(17-13-19-31(3)21-23-35(43)39(9)27-33(41)25-37(39,5)6)15-11-12-16-30(2)18-14-20-32(4)22-24-36(44)40(10)28-34(42)26-38(40,7)8/h11-24,33-34,41-42H,25-28H2,1-10H3/b12-11+,17-13+,18-14+,23-21+,24-22+,29-15-,30-16+,31-19+,32-20+. The molecule has 44 heavy (non-hydrogen) atoms. The molecule has 240 valence electrons. The molecule has 4 heteroatoms. The molecule has 2 saturated carbocycles. The van der Waals surface area contributed by atoms with Crippen LogP contribution in [0.25, 0.3) is 0 Å². The molecule has 2 aliphatic carbocycles. The molecule has 0 radical (unpaired) electrons. The molecule has 4 unspecified atom stereocenters. The first-order valence-electron chi connectivity index (χ1n) is 15.9. The molecule has 0 saturated heterocycles. The normalized spacial score (nSPS) is 30.3. The summed E-state index contributed by atoms with van der Waals surface area (Å²) in [6.45, 7) is 20.2. The van der Waals surface area contributed by atoms with Gasteiger partial charge in [-0.25, -0.2) is 0 Å². The van der Waals surface area contributed by atoms with Crippen LogP contribution in [0.1, 0.15) is 94.9 Å². The first-order chi connectivity index (χ1) is 20.3. The van der Waals surface area contributed by atoms with Gasteiger partial charge in [-0.1, -0.05) is 137 Å². The van der Waals surface area contributed by atoms with Gasteiger partial charge >= 0.3 is 0 Å². The Morgan fingerprint density at radius 2 is 0.773 bits per heavy atom. The molecule has 0 bridgehead atoms. The van der Waals surface area contributed by atoms with Crippen LogP contribution in [0.3, 0.4) is 0 Å². The van der Waals surface area contributed by atoms with Gasteiger partial charge in [0.1, 0.15) is 0 Å². The van der Waals surface area contributed by atoms with E-state index in [1.807, 2.05) is 114 Å². The predicted molar refractivity (Wildman–Crippen MR) is 185 cm³/mol. The van der Waals surface area contributed by atoms with E-state index in [1.54, 1.807) is 12.2 Å². The maximum absolute atomic E-state index is 12.9. The zero-order chi connectivity index (χ0) is 33.3. The minimum atomic E-state index is -0.542. The van der Waals surface area contributed by atoms with Gasteiger partial charge < -0.3 is 10.2 Å². The third-order valence-electron chi connectivity index (χ3n) is 10.1. The molecule has 0 aromatic rings. The number of hydrogen-bond acceptors (Lipinski definition) is 4. The van der Waals surface area contributed by atoms with E-state index in [0.717, 1.165) is 22.3 Å². The van der Waals surface area contributed by atoms with Crippen LogP contribution in [0.5, 0.6) is 0 Å². The van der Waals surface area contributed by atoms with E-state index in [-0.39, 0.29) is 22.4 Å². The van der Waals surface area contributed by atoms with E-state index >= 15 is 0 Å².